The molecule has 1 aromatic rings. The van der Waals surface area contributed by atoms with Gasteiger partial charge in [0.05, 0.1) is 6.10 Å². The minimum atomic E-state index is -0.497. The molecule has 0 saturated heterocycles. The predicted molar refractivity (Wildman–Crippen MR) is 64.3 cm³/mol. The monoisotopic (exact) mass is 228 g/mol. The normalized spacial score (nSPS) is 15.6. The predicted octanol–water partition coefficient (Wildman–Crippen LogP) is 3.15. The van der Waals surface area contributed by atoms with E-state index in [4.69, 9.17) is 4.74 Å². The molecule has 0 bridgehead atoms. The first-order chi connectivity index (χ1) is 7.06. The molecule has 0 radical (unpaired) electrons. The molecule has 1 rings (SSSR count). The summed E-state index contributed by atoms with van der Waals surface area (Å²) in [6.07, 6.45) is -0.600. The van der Waals surface area contributed by atoms with Crippen molar-refractivity contribution in [2.45, 2.75) is 39.9 Å². The van der Waals surface area contributed by atoms with E-state index in [-0.39, 0.29) is 6.10 Å². The summed E-state index contributed by atoms with van der Waals surface area (Å²) in [4.78, 5) is 2.22. The van der Waals surface area contributed by atoms with Crippen molar-refractivity contribution >= 4 is 11.3 Å². The summed E-state index contributed by atoms with van der Waals surface area (Å²) in [7, 11) is 0. The van der Waals surface area contributed by atoms with Gasteiger partial charge in [0.25, 0.3) is 0 Å². The summed E-state index contributed by atoms with van der Waals surface area (Å²) in [5.74, 6) is 0.322. The third kappa shape index (κ3) is 3.30. The van der Waals surface area contributed by atoms with Crippen LogP contribution >= 0.6 is 11.3 Å². The zero-order valence-electron chi connectivity index (χ0n) is 9.86. The Kier molecular flexibility index (Phi) is 4.77. The topological polar surface area (TPSA) is 29.5 Å². The van der Waals surface area contributed by atoms with Crippen molar-refractivity contribution in [1.82, 2.24) is 0 Å². The van der Waals surface area contributed by atoms with Gasteiger partial charge < -0.3 is 9.84 Å². The van der Waals surface area contributed by atoms with Crippen LogP contribution < -0.4 is 0 Å². The summed E-state index contributed by atoms with van der Waals surface area (Å²) < 4.78 is 5.59. The Morgan fingerprint density at radius 1 is 1.40 bits per heavy atom. The van der Waals surface area contributed by atoms with Crippen LogP contribution in [0.25, 0.3) is 0 Å². The molecule has 1 heterocycles. The van der Waals surface area contributed by atoms with Crippen molar-refractivity contribution < 1.29 is 9.84 Å². The van der Waals surface area contributed by atoms with E-state index < -0.39 is 6.10 Å². The van der Waals surface area contributed by atoms with Crippen LogP contribution in [-0.2, 0) is 4.74 Å². The Morgan fingerprint density at radius 3 is 2.47 bits per heavy atom. The molecule has 1 aromatic heterocycles. The zero-order chi connectivity index (χ0) is 11.4. The zero-order valence-corrected chi connectivity index (χ0v) is 10.7. The summed E-state index contributed by atoms with van der Waals surface area (Å²) in [6, 6.07) is 4.02. The highest BCUT2D eigenvalue weighted by atomic mass is 32.1. The number of hydrogen-bond acceptors (Lipinski definition) is 3. The summed E-state index contributed by atoms with van der Waals surface area (Å²) in [6.45, 7) is 8.80. The highest BCUT2D eigenvalue weighted by Crippen LogP contribution is 2.29. The van der Waals surface area contributed by atoms with E-state index in [0.717, 1.165) is 4.88 Å². The average molecular weight is 228 g/mol. The number of aliphatic hydroxyl groups excluding tert-OH is 1. The second kappa shape index (κ2) is 5.64. The Bertz CT molecular complexity index is 294. The molecule has 2 unspecified atom stereocenters. The maximum Gasteiger partial charge on any atom is 0.114 e. The Morgan fingerprint density at radius 2 is 2.07 bits per heavy atom. The van der Waals surface area contributed by atoms with E-state index in [0.29, 0.717) is 12.5 Å². The Labute approximate surface area is 95.9 Å². The number of ether oxygens (including phenoxy) is 1. The summed E-state index contributed by atoms with van der Waals surface area (Å²) >= 11 is 1.64. The fourth-order valence-corrected chi connectivity index (χ4v) is 2.51. The van der Waals surface area contributed by atoms with Crippen LogP contribution in [0.1, 0.15) is 36.6 Å². The van der Waals surface area contributed by atoms with Gasteiger partial charge in [0.2, 0.25) is 0 Å². The standard InChI is InChI=1S/C12H20O2S/c1-5-14-12(8(2)3)11(13)10-7-6-9(4)15-10/h6-8,11-13H,5H2,1-4H3. The van der Waals surface area contributed by atoms with Crippen molar-refractivity contribution in [3.8, 4) is 0 Å². The van der Waals surface area contributed by atoms with Crippen molar-refractivity contribution in [3.63, 3.8) is 0 Å². The molecule has 0 aliphatic heterocycles. The average Bonchev–Trinajstić information content (AvgIpc) is 2.59. The van der Waals surface area contributed by atoms with Crippen molar-refractivity contribution in [3.05, 3.63) is 21.9 Å². The van der Waals surface area contributed by atoms with Gasteiger partial charge in [0.1, 0.15) is 6.10 Å². The number of aryl methyl sites for hydroxylation is 1. The van der Waals surface area contributed by atoms with Gasteiger partial charge in [-0.1, -0.05) is 13.8 Å². The van der Waals surface area contributed by atoms with Crippen molar-refractivity contribution in [2.24, 2.45) is 5.92 Å². The summed E-state index contributed by atoms with van der Waals surface area (Å²) in [5.41, 5.74) is 0. The van der Waals surface area contributed by atoms with E-state index >= 15 is 0 Å². The van der Waals surface area contributed by atoms with Gasteiger partial charge >= 0.3 is 0 Å². The SMILES string of the molecule is CCOC(C(C)C)C(O)c1ccc(C)s1. The second-order valence-electron chi connectivity index (χ2n) is 4.06. The maximum absolute atomic E-state index is 10.2. The number of thiophene rings is 1. The molecule has 0 aromatic carbocycles. The molecule has 0 spiro atoms. The molecule has 0 amide bonds. The molecule has 0 aliphatic carbocycles. The van der Waals surface area contributed by atoms with Crippen LogP contribution in [0.3, 0.4) is 0 Å². The van der Waals surface area contributed by atoms with Crippen LogP contribution in [0.5, 0.6) is 0 Å². The molecule has 3 heteroatoms. The van der Waals surface area contributed by atoms with Gasteiger partial charge in [-0.2, -0.15) is 0 Å². The minimum absolute atomic E-state index is 0.104. The Hall–Kier alpha value is -0.380. The third-order valence-corrected chi connectivity index (χ3v) is 3.45. The molecule has 0 fully saturated rings. The fourth-order valence-electron chi connectivity index (χ4n) is 1.61. The minimum Gasteiger partial charge on any atom is -0.385 e. The molecule has 15 heavy (non-hydrogen) atoms. The molecule has 86 valence electrons. The molecule has 2 atom stereocenters. The first-order valence-corrected chi connectivity index (χ1v) is 6.24. The highest BCUT2D eigenvalue weighted by molar-refractivity contribution is 7.12. The first-order valence-electron chi connectivity index (χ1n) is 5.42. The van der Waals surface area contributed by atoms with Crippen LogP contribution in [0.15, 0.2) is 12.1 Å². The van der Waals surface area contributed by atoms with E-state index in [1.54, 1.807) is 11.3 Å². The molecular weight excluding hydrogens is 208 g/mol. The van der Waals surface area contributed by atoms with E-state index in [1.807, 2.05) is 26.0 Å². The molecule has 1 N–H and O–H groups in total. The fraction of sp³-hybridized carbons (Fsp3) is 0.667. The number of hydrogen-bond donors (Lipinski definition) is 1. The molecule has 0 aliphatic rings. The van der Waals surface area contributed by atoms with Gasteiger partial charge in [-0.05, 0) is 31.9 Å². The van der Waals surface area contributed by atoms with Crippen LogP contribution in [-0.4, -0.2) is 17.8 Å². The lowest BCUT2D eigenvalue weighted by Crippen LogP contribution is -2.27. The van der Waals surface area contributed by atoms with Gasteiger partial charge in [-0.25, -0.2) is 0 Å². The van der Waals surface area contributed by atoms with E-state index in [9.17, 15) is 5.11 Å². The number of rotatable bonds is 5. The highest BCUT2D eigenvalue weighted by Gasteiger charge is 2.25. The maximum atomic E-state index is 10.2. The van der Waals surface area contributed by atoms with Crippen LogP contribution in [0, 0.1) is 12.8 Å². The van der Waals surface area contributed by atoms with Gasteiger partial charge in [0.15, 0.2) is 0 Å². The van der Waals surface area contributed by atoms with Gasteiger partial charge in [-0.3, -0.25) is 0 Å². The van der Waals surface area contributed by atoms with Gasteiger partial charge in [-0.15, -0.1) is 11.3 Å². The second-order valence-corrected chi connectivity index (χ2v) is 5.38. The summed E-state index contributed by atoms with van der Waals surface area (Å²) in [5, 5.41) is 10.2. The lowest BCUT2D eigenvalue weighted by molar-refractivity contribution is -0.0571. The molecule has 2 nitrogen and oxygen atoms in total. The molecule has 0 saturated carbocycles. The largest absolute Gasteiger partial charge is 0.385 e. The smallest absolute Gasteiger partial charge is 0.114 e. The van der Waals surface area contributed by atoms with Crippen LogP contribution in [0.2, 0.25) is 0 Å². The van der Waals surface area contributed by atoms with E-state index in [1.165, 1.54) is 4.88 Å². The first kappa shape index (κ1) is 12.7. The van der Waals surface area contributed by atoms with Crippen LogP contribution in [0.4, 0.5) is 0 Å². The third-order valence-electron chi connectivity index (χ3n) is 2.38. The Balaban J connectivity index is 2.75. The van der Waals surface area contributed by atoms with Crippen molar-refractivity contribution in [1.29, 1.82) is 0 Å². The lowest BCUT2D eigenvalue weighted by Gasteiger charge is -2.25. The van der Waals surface area contributed by atoms with Gasteiger partial charge in [0, 0.05) is 16.4 Å². The molecular formula is C12H20O2S. The quantitative estimate of drug-likeness (QED) is 0.839. The van der Waals surface area contributed by atoms with E-state index in [2.05, 4.69) is 13.8 Å². The lowest BCUT2D eigenvalue weighted by atomic mass is 10.0. The van der Waals surface area contributed by atoms with Crippen molar-refractivity contribution in [2.75, 3.05) is 6.61 Å². The number of aliphatic hydroxyl groups is 1.